The molecule has 0 N–H and O–H groups in total. The number of halogens is 1. The molecule has 4 aliphatic carbocycles. The van der Waals surface area contributed by atoms with E-state index in [0.29, 0.717) is 16.0 Å². The Morgan fingerprint density at radius 3 is 2.49 bits per heavy atom. The third kappa shape index (κ3) is 5.18. The van der Waals surface area contributed by atoms with E-state index in [0.717, 1.165) is 54.8 Å². The highest BCUT2D eigenvalue weighted by Gasteiger charge is 2.59. The van der Waals surface area contributed by atoms with E-state index in [1.54, 1.807) is 29.8 Å². The van der Waals surface area contributed by atoms with Crippen LogP contribution in [0.5, 0.6) is 0 Å². The van der Waals surface area contributed by atoms with Gasteiger partial charge in [-0.05, 0) is 116 Å². The van der Waals surface area contributed by atoms with Crippen LogP contribution in [-0.4, -0.2) is 12.1 Å². The molecule has 4 aliphatic rings. The van der Waals surface area contributed by atoms with Crippen LogP contribution in [0.25, 0.3) is 0 Å². The molecule has 0 aliphatic heterocycles. The average Bonchev–Trinajstić information content (AvgIpc) is 3.21. The fraction of sp³-hybridized carbons (Fsp3) is 0.735. The van der Waals surface area contributed by atoms with Crippen molar-refractivity contribution in [3.63, 3.8) is 0 Å². The molecule has 0 spiro atoms. The maximum atomic E-state index is 12.8. The lowest BCUT2D eigenvalue weighted by Gasteiger charge is -2.58. The fourth-order valence-electron chi connectivity index (χ4n) is 9.56. The van der Waals surface area contributed by atoms with Gasteiger partial charge in [0.15, 0.2) is 0 Å². The molecule has 3 unspecified atom stereocenters. The summed E-state index contributed by atoms with van der Waals surface area (Å²) in [7, 11) is 0. The summed E-state index contributed by atoms with van der Waals surface area (Å²) < 4.78 is 6.00. The van der Waals surface area contributed by atoms with Crippen molar-refractivity contribution in [3.8, 4) is 0 Å². The monoisotopic (exact) mass is 524 g/mol. The van der Waals surface area contributed by atoms with Gasteiger partial charge in [0.05, 0.1) is 5.56 Å². The van der Waals surface area contributed by atoms with Crippen molar-refractivity contribution < 1.29 is 9.53 Å². The van der Waals surface area contributed by atoms with Crippen molar-refractivity contribution in [3.05, 3.63) is 46.5 Å². The first-order valence-electron chi connectivity index (χ1n) is 15.3. The Hall–Kier alpha value is -1.28. The van der Waals surface area contributed by atoms with Crippen LogP contribution in [0.2, 0.25) is 5.02 Å². The minimum absolute atomic E-state index is 0.00420. The standard InChI is InChI=1S/C34H49ClO2/c1-22(2)7-6-8-23(3)29-15-16-30-28-14-11-25-21-27(37-32(36)24-9-12-26(35)13-10-24)17-19-33(25,4)31(28)18-20-34(29,30)5/h9-13,22-23,27-31H,6-8,14-21H2,1-5H3/t23-,27+,28?,29-,30?,31?,33+,34-/m1/s1. The summed E-state index contributed by atoms with van der Waals surface area (Å²) >= 11 is 5.99. The van der Waals surface area contributed by atoms with Gasteiger partial charge in [-0.2, -0.15) is 0 Å². The molecule has 2 nitrogen and oxygen atoms in total. The molecule has 0 radical (unpaired) electrons. The molecule has 37 heavy (non-hydrogen) atoms. The second kappa shape index (κ2) is 10.7. The van der Waals surface area contributed by atoms with Gasteiger partial charge in [-0.1, -0.05) is 77.1 Å². The first-order chi connectivity index (χ1) is 17.6. The molecule has 3 heteroatoms. The van der Waals surface area contributed by atoms with Gasteiger partial charge in [0.1, 0.15) is 6.10 Å². The van der Waals surface area contributed by atoms with Crippen LogP contribution in [0.1, 0.15) is 116 Å². The van der Waals surface area contributed by atoms with Gasteiger partial charge >= 0.3 is 5.97 Å². The number of benzene rings is 1. The molecule has 1 aromatic carbocycles. The normalized spacial score (nSPS) is 37.8. The van der Waals surface area contributed by atoms with Gasteiger partial charge in [-0.3, -0.25) is 0 Å². The summed E-state index contributed by atoms with van der Waals surface area (Å²) in [5, 5.41) is 0.643. The van der Waals surface area contributed by atoms with Crippen LogP contribution in [0.15, 0.2) is 35.9 Å². The molecular formula is C34H49ClO2. The average molecular weight is 525 g/mol. The summed E-state index contributed by atoms with van der Waals surface area (Å²) in [5.74, 6) is 4.91. The molecule has 8 atom stereocenters. The van der Waals surface area contributed by atoms with Crippen LogP contribution in [0.4, 0.5) is 0 Å². The lowest BCUT2D eigenvalue weighted by molar-refractivity contribution is -0.0594. The van der Waals surface area contributed by atoms with Crippen molar-refractivity contribution in [1.82, 2.24) is 0 Å². The van der Waals surface area contributed by atoms with E-state index in [2.05, 4.69) is 40.7 Å². The summed E-state index contributed by atoms with van der Waals surface area (Å²) in [6.07, 6.45) is 16.7. The van der Waals surface area contributed by atoms with Crippen molar-refractivity contribution in [2.45, 2.75) is 111 Å². The zero-order valence-electron chi connectivity index (χ0n) is 23.9. The molecular weight excluding hydrogens is 476 g/mol. The second-order valence-corrected chi connectivity index (χ2v) is 14.5. The van der Waals surface area contributed by atoms with Crippen molar-refractivity contribution in [1.29, 1.82) is 0 Å². The van der Waals surface area contributed by atoms with Crippen LogP contribution < -0.4 is 0 Å². The minimum Gasteiger partial charge on any atom is -0.458 e. The fourth-order valence-corrected chi connectivity index (χ4v) is 9.68. The zero-order valence-corrected chi connectivity index (χ0v) is 24.7. The number of rotatable bonds is 7. The Morgan fingerprint density at radius 2 is 1.76 bits per heavy atom. The maximum Gasteiger partial charge on any atom is 0.338 e. The van der Waals surface area contributed by atoms with E-state index >= 15 is 0 Å². The summed E-state index contributed by atoms with van der Waals surface area (Å²) in [6, 6.07) is 7.05. The van der Waals surface area contributed by atoms with Crippen molar-refractivity contribution >= 4 is 17.6 Å². The Morgan fingerprint density at radius 1 is 1.00 bits per heavy atom. The molecule has 3 fully saturated rings. The third-order valence-electron chi connectivity index (χ3n) is 11.6. The van der Waals surface area contributed by atoms with Crippen molar-refractivity contribution in [2.75, 3.05) is 0 Å². The van der Waals surface area contributed by atoms with Gasteiger partial charge in [0.2, 0.25) is 0 Å². The smallest absolute Gasteiger partial charge is 0.338 e. The van der Waals surface area contributed by atoms with E-state index in [4.69, 9.17) is 16.3 Å². The van der Waals surface area contributed by atoms with E-state index in [9.17, 15) is 4.79 Å². The van der Waals surface area contributed by atoms with E-state index < -0.39 is 0 Å². The highest BCUT2D eigenvalue weighted by Crippen LogP contribution is 2.67. The molecule has 0 amide bonds. The second-order valence-electron chi connectivity index (χ2n) is 14.1. The Balaban J connectivity index is 1.25. The summed E-state index contributed by atoms with van der Waals surface area (Å²) in [4.78, 5) is 12.8. The number of fused-ring (bicyclic) bond motifs is 5. The topological polar surface area (TPSA) is 26.3 Å². The van der Waals surface area contributed by atoms with Crippen LogP contribution in [-0.2, 0) is 4.74 Å². The Kier molecular flexibility index (Phi) is 7.90. The van der Waals surface area contributed by atoms with Crippen LogP contribution in [0.3, 0.4) is 0 Å². The molecule has 0 heterocycles. The predicted octanol–water partition coefficient (Wildman–Crippen LogP) is 9.91. The van der Waals surface area contributed by atoms with Crippen LogP contribution in [0, 0.1) is 46.3 Å². The lowest BCUT2D eigenvalue weighted by atomic mass is 9.47. The predicted molar refractivity (Wildman–Crippen MR) is 154 cm³/mol. The van der Waals surface area contributed by atoms with E-state index in [1.165, 1.54) is 51.4 Å². The molecule has 0 aromatic heterocycles. The summed E-state index contributed by atoms with van der Waals surface area (Å²) in [5.41, 5.74) is 2.99. The van der Waals surface area contributed by atoms with Gasteiger partial charge in [0, 0.05) is 11.4 Å². The largest absolute Gasteiger partial charge is 0.458 e. The number of carbonyl (C=O) groups is 1. The lowest BCUT2D eigenvalue weighted by Crippen LogP contribution is -2.51. The Bertz CT molecular complexity index is 996. The molecule has 1 aromatic rings. The van der Waals surface area contributed by atoms with Crippen LogP contribution >= 0.6 is 11.6 Å². The quantitative estimate of drug-likeness (QED) is 0.262. The number of esters is 1. The maximum absolute atomic E-state index is 12.8. The SMILES string of the molecule is CC(C)CCC[C@@H](C)[C@H]1CCC2C3CC=C4C[C@@H](OC(=O)c5ccc(Cl)cc5)CC[C@]4(C)C3CC[C@@]21C. The number of ether oxygens (including phenoxy) is 1. The number of hydrogen-bond acceptors (Lipinski definition) is 2. The van der Waals surface area contributed by atoms with E-state index in [1.807, 2.05) is 0 Å². The van der Waals surface area contributed by atoms with Gasteiger partial charge in [0.25, 0.3) is 0 Å². The number of hydrogen-bond donors (Lipinski definition) is 0. The third-order valence-corrected chi connectivity index (χ3v) is 11.9. The molecule has 0 saturated heterocycles. The summed E-state index contributed by atoms with van der Waals surface area (Å²) in [6.45, 7) is 12.5. The first-order valence-corrected chi connectivity index (χ1v) is 15.7. The molecule has 3 saturated carbocycles. The molecule has 0 bridgehead atoms. The van der Waals surface area contributed by atoms with Crippen molar-refractivity contribution in [2.24, 2.45) is 46.3 Å². The number of carbonyl (C=O) groups excluding carboxylic acids is 1. The van der Waals surface area contributed by atoms with Gasteiger partial charge < -0.3 is 4.74 Å². The molecule has 204 valence electrons. The Labute approximate surface area is 231 Å². The zero-order chi connectivity index (χ0) is 26.4. The molecule has 5 rings (SSSR count). The number of allylic oxidation sites excluding steroid dienone is 1. The minimum atomic E-state index is -0.215. The van der Waals surface area contributed by atoms with Gasteiger partial charge in [-0.15, -0.1) is 0 Å². The highest BCUT2D eigenvalue weighted by atomic mass is 35.5. The highest BCUT2D eigenvalue weighted by molar-refractivity contribution is 6.30. The van der Waals surface area contributed by atoms with Gasteiger partial charge in [-0.25, -0.2) is 4.79 Å². The first kappa shape index (κ1) is 27.3. The van der Waals surface area contributed by atoms with E-state index in [-0.39, 0.29) is 17.5 Å².